The molecule has 4 heteroatoms. The first-order valence-electron chi connectivity index (χ1n) is 7.26. The van der Waals surface area contributed by atoms with Crippen LogP contribution in [0.1, 0.15) is 16.9 Å². The molecule has 2 N–H and O–H groups in total. The number of nitrogens with one attached hydrogen (secondary N) is 1. The van der Waals surface area contributed by atoms with Crippen LogP contribution in [-0.2, 0) is 6.42 Å². The summed E-state index contributed by atoms with van der Waals surface area (Å²) in [6, 6.07) is 9.89. The van der Waals surface area contributed by atoms with E-state index in [9.17, 15) is 5.11 Å². The number of aliphatic hydroxyl groups excluding tert-OH is 1. The van der Waals surface area contributed by atoms with Crippen LogP contribution in [0.25, 0.3) is 0 Å². The Labute approximate surface area is 125 Å². The summed E-state index contributed by atoms with van der Waals surface area (Å²) in [5.74, 6) is 1.79. The van der Waals surface area contributed by atoms with Crippen molar-refractivity contribution >= 4 is 0 Å². The zero-order valence-corrected chi connectivity index (χ0v) is 12.6. The van der Waals surface area contributed by atoms with Gasteiger partial charge in [-0.15, -0.1) is 0 Å². The summed E-state index contributed by atoms with van der Waals surface area (Å²) in [7, 11) is 0. The maximum Gasteiger partial charge on any atom is 0.122 e. The third kappa shape index (κ3) is 5.25. The van der Waals surface area contributed by atoms with Crippen LogP contribution in [0.2, 0.25) is 0 Å². The smallest absolute Gasteiger partial charge is 0.122 e. The van der Waals surface area contributed by atoms with Crippen molar-refractivity contribution in [2.24, 2.45) is 0 Å². The predicted octanol–water partition coefficient (Wildman–Crippen LogP) is 2.47. The van der Waals surface area contributed by atoms with Gasteiger partial charge in [0.05, 0.1) is 6.26 Å². The molecule has 0 saturated carbocycles. The van der Waals surface area contributed by atoms with E-state index in [1.165, 1.54) is 0 Å². The molecule has 1 heterocycles. The average molecular weight is 289 g/mol. The average Bonchev–Trinajstić information content (AvgIpc) is 2.98. The highest BCUT2D eigenvalue weighted by molar-refractivity contribution is 5.35. The molecule has 1 aromatic carbocycles. The Morgan fingerprint density at radius 1 is 1.29 bits per heavy atom. The minimum atomic E-state index is -0.526. The highest BCUT2D eigenvalue weighted by Gasteiger charge is 2.07. The highest BCUT2D eigenvalue weighted by atomic mass is 16.5. The molecule has 0 spiro atoms. The predicted molar refractivity (Wildman–Crippen MR) is 82.7 cm³/mol. The largest absolute Gasteiger partial charge is 0.491 e. The summed E-state index contributed by atoms with van der Waals surface area (Å²) in [5.41, 5.74) is 2.24. The van der Waals surface area contributed by atoms with Crippen molar-refractivity contribution < 1.29 is 14.3 Å². The van der Waals surface area contributed by atoms with Crippen molar-refractivity contribution in [2.45, 2.75) is 26.4 Å². The van der Waals surface area contributed by atoms with Crippen molar-refractivity contribution in [2.75, 3.05) is 19.7 Å². The van der Waals surface area contributed by atoms with E-state index >= 15 is 0 Å². The Balaban J connectivity index is 1.65. The highest BCUT2D eigenvalue weighted by Crippen LogP contribution is 2.19. The standard InChI is InChI=1S/C17H23NO3/c1-13-5-6-14(2)17(10-13)21-12-15(19)11-18-8-7-16-4-3-9-20-16/h3-6,9-10,15,18-19H,7-8,11-12H2,1-2H3. The molecule has 2 rings (SSSR count). The van der Waals surface area contributed by atoms with Gasteiger partial charge in [0.1, 0.15) is 24.2 Å². The zero-order valence-electron chi connectivity index (χ0n) is 12.6. The van der Waals surface area contributed by atoms with E-state index < -0.39 is 6.10 Å². The third-order valence-electron chi connectivity index (χ3n) is 3.28. The van der Waals surface area contributed by atoms with Gasteiger partial charge in [0.25, 0.3) is 0 Å². The van der Waals surface area contributed by atoms with Gasteiger partial charge in [0.2, 0.25) is 0 Å². The lowest BCUT2D eigenvalue weighted by Gasteiger charge is -2.15. The van der Waals surface area contributed by atoms with E-state index in [1.54, 1.807) is 6.26 Å². The molecule has 21 heavy (non-hydrogen) atoms. The molecule has 114 valence electrons. The fraction of sp³-hybridized carbons (Fsp3) is 0.412. The first-order chi connectivity index (χ1) is 10.1. The molecular weight excluding hydrogens is 266 g/mol. The summed E-state index contributed by atoms with van der Waals surface area (Å²) in [6.45, 7) is 5.60. The van der Waals surface area contributed by atoms with Crippen LogP contribution in [0, 0.1) is 13.8 Å². The van der Waals surface area contributed by atoms with Crippen LogP contribution >= 0.6 is 0 Å². The molecular formula is C17H23NO3. The van der Waals surface area contributed by atoms with Crippen LogP contribution < -0.4 is 10.1 Å². The van der Waals surface area contributed by atoms with Crippen LogP contribution in [0.4, 0.5) is 0 Å². The summed E-state index contributed by atoms with van der Waals surface area (Å²) in [6.07, 6.45) is 1.96. The summed E-state index contributed by atoms with van der Waals surface area (Å²) in [5, 5.41) is 13.1. The van der Waals surface area contributed by atoms with E-state index in [0.29, 0.717) is 6.54 Å². The van der Waals surface area contributed by atoms with Crippen molar-refractivity contribution in [1.29, 1.82) is 0 Å². The molecule has 4 nitrogen and oxygen atoms in total. The van der Waals surface area contributed by atoms with Gasteiger partial charge in [-0.1, -0.05) is 12.1 Å². The first-order valence-corrected chi connectivity index (χ1v) is 7.26. The second kappa shape index (κ2) is 7.86. The van der Waals surface area contributed by atoms with Gasteiger partial charge < -0.3 is 19.6 Å². The summed E-state index contributed by atoms with van der Waals surface area (Å²) in [4.78, 5) is 0. The number of benzene rings is 1. The molecule has 0 aliphatic heterocycles. The van der Waals surface area contributed by atoms with Gasteiger partial charge in [0.15, 0.2) is 0 Å². The second-order valence-electron chi connectivity index (χ2n) is 5.27. The molecule has 1 atom stereocenters. The van der Waals surface area contributed by atoms with Crippen LogP contribution in [0.15, 0.2) is 41.0 Å². The van der Waals surface area contributed by atoms with Gasteiger partial charge >= 0.3 is 0 Å². The van der Waals surface area contributed by atoms with Gasteiger partial charge in [-0.25, -0.2) is 0 Å². The molecule has 0 bridgehead atoms. The number of rotatable bonds is 8. The topological polar surface area (TPSA) is 54.6 Å². The minimum absolute atomic E-state index is 0.290. The maximum atomic E-state index is 9.92. The number of aliphatic hydroxyl groups is 1. The number of hydrogen-bond donors (Lipinski definition) is 2. The molecule has 1 unspecified atom stereocenters. The third-order valence-corrected chi connectivity index (χ3v) is 3.28. The first kappa shape index (κ1) is 15.6. The van der Waals surface area contributed by atoms with Gasteiger partial charge in [-0.2, -0.15) is 0 Å². The van der Waals surface area contributed by atoms with Crippen molar-refractivity contribution in [1.82, 2.24) is 5.32 Å². The van der Waals surface area contributed by atoms with E-state index in [2.05, 4.69) is 11.4 Å². The molecule has 0 saturated heterocycles. The van der Waals surface area contributed by atoms with Gasteiger partial charge in [-0.3, -0.25) is 0 Å². The quantitative estimate of drug-likeness (QED) is 0.733. The Bertz CT molecular complexity index is 537. The van der Waals surface area contributed by atoms with Crippen LogP contribution in [0.3, 0.4) is 0 Å². The molecule has 0 radical (unpaired) electrons. The van der Waals surface area contributed by atoms with Crippen molar-refractivity contribution in [3.8, 4) is 5.75 Å². The van der Waals surface area contributed by atoms with Gasteiger partial charge in [-0.05, 0) is 43.2 Å². The SMILES string of the molecule is Cc1ccc(C)c(OCC(O)CNCCc2ccco2)c1. The zero-order chi connectivity index (χ0) is 15.1. The van der Waals surface area contributed by atoms with Crippen molar-refractivity contribution in [3.05, 3.63) is 53.5 Å². The summed E-state index contributed by atoms with van der Waals surface area (Å²) >= 11 is 0. The lowest BCUT2D eigenvalue weighted by atomic mass is 10.1. The molecule has 0 fully saturated rings. The Hall–Kier alpha value is -1.78. The fourth-order valence-electron chi connectivity index (χ4n) is 2.04. The number of furan rings is 1. The Morgan fingerprint density at radius 3 is 2.90 bits per heavy atom. The normalized spacial score (nSPS) is 12.3. The second-order valence-corrected chi connectivity index (χ2v) is 5.27. The van der Waals surface area contributed by atoms with Crippen LogP contribution in [0.5, 0.6) is 5.75 Å². The number of ether oxygens (including phenoxy) is 1. The lowest BCUT2D eigenvalue weighted by molar-refractivity contribution is 0.106. The molecule has 2 aromatic rings. The van der Waals surface area contributed by atoms with Crippen LogP contribution in [-0.4, -0.2) is 30.9 Å². The number of hydrogen-bond acceptors (Lipinski definition) is 4. The fourth-order valence-corrected chi connectivity index (χ4v) is 2.04. The molecule has 1 aromatic heterocycles. The summed E-state index contributed by atoms with van der Waals surface area (Å²) < 4.78 is 10.9. The van der Waals surface area contributed by atoms with Gasteiger partial charge in [0, 0.05) is 19.5 Å². The van der Waals surface area contributed by atoms with E-state index in [-0.39, 0.29) is 6.61 Å². The maximum absolute atomic E-state index is 9.92. The molecule has 0 aliphatic rings. The monoisotopic (exact) mass is 289 g/mol. The van der Waals surface area contributed by atoms with E-state index in [4.69, 9.17) is 9.15 Å². The lowest BCUT2D eigenvalue weighted by Crippen LogP contribution is -2.32. The van der Waals surface area contributed by atoms with Crippen molar-refractivity contribution in [3.63, 3.8) is 0 Å². The Kier molecular flexibility index (Phi) is 5.84. The minimum Gasteiger partial charge on any atom is -0.491 e. The number of aryl methyl sites for hydroxylation is 2. The Morgan fingerprint density at radius 2 is 2.14 bits per heavy atom. The molecule has 0 amide bonds. The van der Waals surface area contributed by atoms with E-state index in [0.717, 1.165) is 35.6 Å². The van der Waals surface area contributed by atoms with E-state index in [1.807, 2.05) is 38.1 Å². The molecule has 0 aliphatic carbocycles.